The van der Waals surface area contributed by atoms with E-state index in [-0.39, 0.29) is 16.7 Å². The van der Waals surface area contributed by atoms with Crippen LogP contribution in [0.1, 0.15) is 77.3 Å². The number of nitro groups is 1. The number of hydrogen-bond donors (Lipinski definition) is 0. The van der Waals surface area contributed by atoms with Crippen LogP contribution in [0.25, 0.3) is 0 Å². The first-order valence-corrected chi connectivity index (χ1v) is 23.2. The summed E-state index contributed by atoms with van der Waals surface area (Å²) < 4.78 is 13.5. The third-order valence-electron chi connectivity index (χ3n) is 5.99. The summed E-state index contributed by atoms with van der Waals surface area (Å²) in [4.78, 5) is 10.9. The van der Waals surface area contributed by atoms with Crippen molar-refractivity contribution in [3.63, 3.8) is 0 Å². The number of hydroxylamine groups is 1. The summed E-state index contributed by atoms with van der Waals surface area (Å²) in [5.74, 6) is 0. The van der Waals surface area contributed by atoms with E-state index in [2.05, 4.69) is 50.3 Å². The van der Waals surface area contributed by atoms with Gasteiger partial charge in [-0.05, 0) is 0 Å². The van der Waals surface area contributed by atoms with Crippen LogP contribution in [0, 0.1) is 10.1 Å². The van der Waals surface area contributed by atoms with Crippen molar-refractivity contribution < 1.29 is 9.45 Å². The second kappa shape index (κ2) is 14.5. The summed E-state index contributed by atoms with van der Waals surface area (Å²) in [5, 5.41) is 11.2. The van der Waals surface area contributed by atoms with E-state index in [4.69, 9.17) is 4.53 Å². The Labute approximate surface area is 202 Å². The standard InChI is InChI=1S/C13H19N2O3Si.3C4H9.Sn/c1-5-6-13(14-18-19(2,3)4)11-7-9-12(10-8-11)15(16)17;3*1-3-4-2;/h5,7-10,13H,1,6H2,2-4H3;3*1,3-4H2,2H3;/q-1;;;;+1. The average molecular weight is 569 g/mol. The van der Waals surface area contributed by atoms with E-state index in [0.717, 1.165) is 12.0 Å². The third-order valence-corrected chi connectivity index (χ3v) is 22.1. The van der Waals surface area contributed by atoms with Gasteiger partial charge in [0.2, 0.25) is 0 Å². The van der Waals surface area contributed by atoms with Crippen molar-refractivity contribution in [2.24, 2.45) is 0 Å². The van der Waals surface area contributed by atoms with E-state index >= 15 is 0 Å². The van der Waals surface area contributed by atoms with E-state index in [1.165, 1.54) is 51.8 Å². The first-order chi connectivity index (χ1) is 15.1. The monoisotopic (exact) mass is 570 g/mol. The number of hydrogen-bond acceptors (Lipinski definition) is 4. The molecule has 0 radical (unpaired) electrons. The fraction of sp³-hybridized carbons (Fsp3) is 0.680. The van der Waals surface area contributed by atoms with E-state index in [1.807, 2.05) is 18.2 Å². The Balaban J connectivity index is 3.60. The molecular weight excluding hydrogens is 523 g/mol. The molecule has 0 aliphatic heterocycles. The molecule has 0 aliphatic rings. The first kappa shape index (κ1) is 29.3. The van der Waals surface area contributed by atoms with Crippen LogP contribution in [0.5, 0.6) is 0 Å². The summed E-state index contributed by atoms with van der Waals surface area (Å²) in [6.45, 7) is 17.8. The Hall–Kier alpha value is -0.704. The summed E-state index contributed by atoms with van der Waals surface area (Å²) in [6, 6.07) is 7.23. The Kier molecular flexibility index (Phi) is 13.3. The molecule has 1 aromatic rings. The van der Waals surface area contributed by atoms with Crippen molar-refractivity contribution >= 4 is 32.7 Å². The first-order valence-electron chi connectivity index (χ1n) is 12.5. The van der Waals surface area contributed by atoms with Gasteiger partial charge in [-0.3, -0.25) is 0 Å². The predicted octanol–water partition coefficient (Wildman–Crippen LogP) is 8.63. The summed E-state index contributed by atoms with van der Waals surface area (Å²) in [7, 11) is -1.87. The minimum atomic E-state index is -2.93. The van der Waals surface area contributed by atoms with Crippen molar-refractivity contribution in [3.05, 3.63) is 52.6 Å². The number of non-ortho nitro benzene ring substituents is 1. The zero-order chi connectivity index (χ0) is 24.2. The van der Waals surface area contributed by atoms with Gasteiger partial charge in [0.15, 0.2) is 0 Å². The number of benzene rings is 1. The Morgan fingerprint density at radius 3 is 1.84 bits per heavy atom. The van der Waals surface area contributed by atoms with Gasteiger partial charge < -0.3 is 0 Å². The zero-order valence-electron chi connectivity index (χ0n) is 21.4. The van der Waals surface area contributed by atoms with Crippen molar-refractivity contribution in [3.8, 4) is 0 Å². The maximum atomic E-state index is 11.2. The third kappa shape index (κ3) is 9.27. The number of nitro benzene ring substituents is 1. The molecule has 5 nitrogen and oxygen atoms in total. The molecule has 1 unspecified atom stereocenters. The van der Waals surface area contributed by atoms with E-state index in [1.54, 1.807) is 12.1 Å². The Morgan fingerprint density at radius 2 is 1.50 bits per heavy atom. The second-order valence-electron chi connectivity index (χ2n) is 9.95. The zero-order valence-corrected chi connectivity index (χ0v) is 25.2. The molecule has 1 atom stereocenters. The molecule has 0 spiro atoms. The van der Waals surface area contributed by atoms with Gasteiger partial charge in [-0.15, -0.1) is 0 Å². The van der Waals surface area contributed by atoms with Gasteiger partial charge in [0, 0.05) is 0 Å². The maximum absolute atomic E-state index is 11.2. The average Bonchev–Trinajstić information content (AvgIpc) is 2.75. The molecule has 7 heteroatoms. The second-order valence-corrected chi connectivity index (χ2v) is 26.9. The van der Waals surface area contributed by atoms with Crippen molar-refractivity contribution in [2.75, 3.05) is 0 Å². The molecule has 1 aromatic carbocycles. The van der Waals surface area contributed by atoms with Crippen molar-refractivity contribution in [2.45, 2.75) is 105 Å². The number of unbranched alkanes of at least 4 members (excludes halogenated alkanes) is 3. The summed E-state index contributed by atoms with van der Waals surface area (Å²) in [6.07, 6.45) is 10.2. The van der Waals surface area contributed by atoms with E-state index in [0.29, 0.717) is 0 Å². The Morgan fingerprint density at radius 1 is 1.03 bits per heavy atom. The van der Waals surface area contributed by atoms with Crippen molar-refractivity contribution in [1.29, 1.82) is 0 Å². The minimum absolute atomic E-state index is 0.0846. The molecule has 0 N–H and O–H groups in total. The SMILES string of the molecule is C=CCC(c1ccc([N+](=O)[O-])cc1)[N](O[Si](C)(C)C)[Sn]([CH2]CCC)([CH2]CCC)[CH2]CCC. The van der Waals surface area contributed by atoms with Gasteiger partial charge in [-0.1, -0.05) is 0 Å². The molecule has 0 heterocycles. The van der Waals surface area contributed by atoms with Gasteiger partial charge in [-0.2, -0.15) is 0 Å². The van der Waals surface area contributed by atoms with Crippen LogP contribution in [-0.4, -0.2) is 35.2 Å². The normalized spacial score (nSPS) is 13.3. The molecule has 0 aliphatic carbocycles. The fourth-order valence-electron chi connectivity index (χ4n) is 4.35. The van der Waals surface area contributed by atoms with Crippen LogP contribution in [-0.2, 0) is 4.53 Å². The molecule has 0 saturated carbocycles. The molecule has 0 aromatic heterocycles. The van der Waals surface area contributed by atoms with Gasteiger partial charge in [-0.25, -0.2) is 0 Å². The molecule has 0 amide bonds. The molecule has 0 fully saturated rings. The van der Waals surface area contributed by atoms with Crippen molar-refractivity contribution in [1.82, 2.24) is 3.28 Å². The van der Waals surface area contributed by atoms with Crippen LogP contribution in [0.4, 0.5) is 5.69 Å². The molecule has 32 heavy (non-hydrogen) atoms. The van der Waals surface area contributed by atoms with Crippen LogP contribution in [0.2, 0.25) is 33.0 Å². The molecule has 182 valence electrons. The number of nitrogens with zero attached hydrogens (tertiary/aromatic N) is 2. The van der Waals surface area contributed by atoms with Gasteiger partial charge in [0.05, 0.1) is 0 Å². The van der Waals surface area contributed by atoms with Crippen LogP contribution >= 0.6 is 0 Å². The van der Waals surface area contributed by atoms with Gasteiger partial charge in [0.25, 0.3) is 0 Å². The quantitative estimate of drug-likeness (QED) is 0.0816. The predicted molar refractivity (Wildman–Crippen MR) is 142 cm³/mol. The number of rotatable bonds is 17. The van der Waals surface area contributed by atoms with E-state index in [9.17, 15) is 10.1 Å². The van der Waals surface area contributed by atoms with E-state index < -0.39 is 27.0 Å². The topological polar surface area (TPSA) is 55.6 Å². The van der Waals surface area contributed by atoms with Gasteiger partial charge >= 0.3 is 203 Å². The summed E-state index contributed by atoms with van der Waals surface area (Å²) >= 11 is -2.93. The van der Waals surface area contributed by atoms with Crippen LogP contribution in [0.3, 0.4) is 0 Å². The molecular formula is C25H46N2O3SiSn. The molecule has 1 rings (SSSR count). The van der Waals surface area contributed by atoms with Crippen LogP contribution in [0.15, 0.2) is 36.9 Å². The molecule has 0 bridgehead atoms. The Bertz CT molecular complexity index is 670. The molecule has 0 saturated heterocycles. The van der Waals surface area contributed by atoms with Gasteiger partial charge in [0.1, 0.15) is 0 Å². The summed E-state index contributed by atoms with van der Waals surface area (Å²) in [5.41, 5.74) is 1.25. The fourth-order valence-corrected chi connectivity index (χ4v) is 24.6. The van der Waals surface area contributed by atoms with Crippen LogP contribution < -0.4 is 0 Å².